The molecule has 5 heteroatoms. The van der Waals surface area contributed by atoms with Crippen molar-refractivity contribution in [3.8, 4) is 0 Å². The molecular weight excluding hydrogens is 315 g/mol. The van der Waals surface area contributed by atoms with E-state index >= 15 is 0 Å². The highest BCUT2D eigenvalue weighted by Crippen LogP contribution is 2.21. The summed E-state index contributed by atoms with van der Waals surface area (Å²) in [6.45, 7) is 2.51. The quantitative estimate of drug-likeness (QED) is 0.863. The molecule has 2 nitrogen and oxygen atoms in total. The minimum atomic E-state index is -0.152. The van der Waals surface area contributed by atoms with Gasteiger partial charge in [0.15, 0.2) is 0 Å². The zero-order valence-corrected chi connectivity index (χ0v) is 12.4. The Labute approximate surface area is 120 Å². The summed E-state index contributed by atoms with van der Waals surface area (Å²) in [6, 6.07) is 5.22. The lowest BCUT2D eigenvalue weighted by molar-refractivity contribution is 0.200. The fourth-order valence-corrected chi connectivity index (χ4v) is 2.84. The molecule has 1 fully saturated rings. The molecule has 0 unspecified atom stereocenters. The van der Waals surface area contributed by atoms with E-state index < -0.39 is 0 Å². The average molecular weight is 331 g/mol. The van der Waals surface area contributed by atoms with E-state index in [0.717, 1.165) is 36.0 Å². The lowest BCUT2D eigenvalue weighted by Crippen LogP contribution is -2.37. The molecule has 2 rings (SSSR count). The maximum absolute atomic E-state index is 13.7. The second kappa shape index (κ2) is 6.08. The van der Waals surface area contributed by atoms with E-state index in [-0.39, 0.29) is 5.82 Å². The van der Waals surface area contributed by atoms with Crippen molar-refractivity contribution in [2.45, 2.75) is 19.4 Å². The Hall–Kier alpha value is -0.520. The van der Waals surface area contributed by atoms with Crippen LogP contribution in [0.3, 0.4) is 0 Å². The fraction of sp³-hybridized carbons (Fsp3) is 0.462. The van der Waals surface area contributed by atoms with Crippen molar-refractivity contribution in [3.63, 3.8) is 0 Å². The Bertz CT molecular complexity index is 445. The molecule has 1 aliphatic heterocycles. The molecule has 0 aliphatic carbocycles. The number of hydrogen-bond donors (Lipinski definition) is 1. The fourth-order valence-electron chi connectivity index (χ4n) is 2.27. The van der Waals surface area contributed by atoms with Crippen LogP contribution < -0.4 is 5.73 Å². The van der Waals surface area contributed by atoms with Gasteiger partial charge in [-0.2, -0.15) is 0 Å². The van der Waals surface area contributed by atoms with Crippen LogP contribution in [-0.4, -0.2) is 23.0 Å². The van der Waals surface area contributed by atoms with E-state index in [1.807, 2.05) is 12.1 Å². The van der Waals surface area contributed by atoms with E-state index in [1.54, 1.807) is 0 Å². The molecule has 0 saturated carbocycles. The smallest absolute Gasteiger partial charge is 0.128 e. The van der Waals surface area contributed by atoms with Crippen LogP contribution in [0.1, 0.15) is 18.4 Å². The zero-order valence-electron chi connectivity index (χ0n) is 10.0. The van der Waals surface area contributed by atoms with E-state index in [1.165, 1.54) is 6.07 Å². The predicted molar refractivity (Wildman–Crippen MR) is 78.9 cm³/mol. The van der Waals surface area contributed by atoms with Crippen molar-refractivity contribution in [1.82, 2.24) is 4.90 Å². The molecule has 2 N–H and O–H groups in total. The summed E-state index contributed by atoms with van der Waals surface area (Å²) in [5.41, 5.74) is 6.40. The minimum Gasteiger partial charge on any atom is -0.393 e. The summed E-state index contributed by atoms with van der Waals surface area (Å²) in [4.78, 5) is 2.87. The Balaban J connectivity index is 1.93. The number of thiocarbonyl (C=S) groups is 1. The first-order valence-electron chi connectivity index (χ1n) is 6.02. The first-order valence-corrected chi connectivity index (χ1v) is 7.22. The topological polar surface area (TPSA) is 29.3 Å². The van der Waals surface area contributed by atoms with Crippen molar-refractivity contribution in [2.75, 3.05) is 13.1 Å². The minimum absolute atomic E-state index is 0.152. The van der Waals surface area contributed by atoms with Gasteiger partial charge >= 0.3 is 0 Å². The largest absolute Gasteiger partial charge is 0.393 e. The summed E-state index contributed by atoms with van der Waals surface area (Å²) >= 11 is 8.28. The zero-order chi connectivity index (χ0) is 13.1. The normalized spacial score (nSPS) is 17.9. The lowest BCUT2D eigenvalue weighted by atomic mass is 9.96. The molecule has 1 aromatic rings. The molecule has 18 heavy (non-hydrogen) atoms. The molecule has 0 aromatic heterocycles. The summed E-state index contributed by atoms with van der Waals surface area (Å²) < 4.78 is 14.5. The average Bonchev–Trinajstić information content (AvgIpc) is 2.33. The van der Waals surface area contributed by atoms with Crippen LogP contribution in [0.5, 0.6) is 0 Å². The summed E-state index contributed by atoms with van der Waals surface area (Å²) in [6.07, 6.45) is 1.96. The van der Waals surface area contributed by atoms with E-state index in [0.29, 0.717) is 17.5 Å². The van der Waals surface area contributed by atoms with Gasteiger partial charge in [-0.1, -0.05) is 34.2 Å². The second-order valence-electron chi connectivity index (χ2n) is 4.69. The summed E-state index contributed by atoms with van der Waals surface area (Å²) in [7, 11) is 0. The first-order chi connectivity index (χ1) is 8.56. The molecule has 0 spiro atoms. The molecule has 0 bridgehead atoms. The van der Waals surface area contributed by atoms with Gasteiger partial charge in [0.05, 0.1) is 4.99 Å². The van der Waals surface area contributed by atoms with Gasteiger partial charge in [-0.15, -0.1) is 0 Å². The van der Waals surface area contributed by atoms with Crippen LogP contribution in [0.25, 0.3) is 0 Å². The molecule has 0 amide bonds. The second-order valence-corrected chi connectivity index (χ2v) is 6.08. The summed E-state index contributed by atoms with van der Waals surface area (Å²) in [5.74, 6) is 0.201. The third-order valence-electron chi connectivity index (χ3n) is 3.40. The lowest BCUT2D eigenvalue weighted by Gasteiger charge is -2.31. The van der Waals surface area contributed by atoms with Crippen molar-refractivity contribution >= 4 is 33.1 Å². The van der Waals surface area contributed by atoms with Gasteiger partial charge in [0.25, 0.3) is 0 Å². The number of benzene rings is 1. The van der Waals surface area contributed by atoms with Crippen LogP contribution >= 0.6 is 28.1 Å². The molecular formula is C13H16BrFN2S. The highest BCUT2D eigenvalue weighted by molar-refractivity contribution is 9.10. The van der Waals surface area contributed by atoms with Gasteiger partial charge < -0.3 is 5.73 Å². The van der Waals surface area contributed by atoms with Crippen LogP contribution in [-0.2, 0) is 6.54 Å². The number of nitrogens with two attached hydrogens (primary N) is 1. The summed E-state index contributed by atoms with van der Waals surface area (Å²) in [5, 5.41) is 0. The van der Waals surface area contributed by atoms with Crippen molar-refractivity contribution < 1.29 is 4.39 Å². The molecule has 1 aromatic carbocycles. The molecule has 98 valence electrons. The number of halogens is 2. The van der Waals surface area contributed by atoms with Crippen LogP contribution in [0.15, 0.2) is 22.7 Å². The maximum atomic E-state index is 13.7. The third kappa shape index (κ3) is 3.49. The highest BCUT2D eigenvalue weighted by atomic mass is 79.9. The van der Waals surface area contributed by atoms with Gasteiger partial charge in [0, 0.05) is 22.5 Å². The first kappa shape index (κ1) is 13.9. The van der Waals surface area contributed by atoms with Gasteiger partial charge in [-0.25, -0.2) is 4.39 Å². The van der Waals surface area contributed by atoms with E-state index in [9.17, 15) is 4.39 Å². The van der Waals surface area contributed by atoms with Gasteiger partial charge in [-0.3, -0.25) is 4.90 Å². The molecule has 0 radical (unpaired) electrons. The molecule has 1 aliphatic rings. The Morgan fingerprint density at radius 2 is 2.11 bits per heavy atom. The molecule has 1 saturated heterocycles. The van der Waals surface area contributed by atoms with E-state index in [2.05, 4.69) is 20.8 Å². The third-order valence-corrected chi connectivity index (χ3v) is 4.23. The maximum Gasteiger partial charge on any atom is 0.128 e. The van der Waals surface area contributed by atoms with Crippen LogP contribution in [0.4, 0.5) is 4.39 Å². The standard InChI is InChI=1S/C13H16BrFN2S/c14-11-2-1-10(12(15)7-11)8-17-5-3-9(4-6-17)13(16)18/h1-2,7,9H,3-6,8H2,(H2,16,18). The predicted octanol–water partition coefficient (Wildman–Crippen LogP) is 3.09. The SMILES string of the molecule is NC(=S)C1CCN(Cc2ccc(Br)cc2F)CC1. The number of nitrogens with zero attached hydrogens (tertiary/aromatic N) is 1. The number of likely N-dealkylation sites (tertiary alicyclic amines) is 1. The van der Waals surface area contributed by atoms with Crippen molar-refractivity contribution in [3.05, 3.63) is 34.1 Å². The van der Waals surface area contributed by atoms with Gasteiger partial charge in [-0.05, 0) is 38.1 Å². The highest BCUT2D eigenvalue weighted by Gasteiger charge is 2.21. The Morgan fingerprint density at radius 1 is 1.44 bits per heavy atom. The van der Waals surface area contributed by atoms with Gasteiger partial charge in [0.2, 0.25) is 0 Å². The van der Waals surface area contributed by atoms with Gasteiger partial charge in [0.1, 0.15) is 5.82 Å². The van der Waals surface area contributed by atoms with Crippen LogP contribution in [0.2, 0.25) is 0 Å². The van der Waals surface area contributed by atoms with Crippen LogP contribution in [0, 0.1) is 11.7 Å². The Kier molecular flexibility index (Phi) is 4.70. The van der Waals surface area contributed by atoms with Crippen molar-refractivity contribution in [1.29, 1.82) is 0 Å². The molecule has 1 heterocycles. The number of hydrogen-bond acceptors (Lipinski definition) is 2. The van der Waals surface area contributed by atoms with Crippen molar-refractivity contribution in [2.24, 2.45) is 11.7 Å². The molecule has 0 atom stereocenters. The van der Waals surface area contributed by atoms with E-state index in [4.69, 9.17) is 18.0 Å². The number of piperidine rings is 1. The Morgan fingerprint density at radius 3 is 2.67 bits per heavy atom. The monoisotopic (exact) mass is 330 g/mol. The number of rotatable bonds is 3.